The van der Waals surface area contributed by atoms with Crippen LogP contribution in [0, 0.1) is 12.8 Å². The number of aliphatic carboxylic acids is 1. The lowest BCUT2D eigenvalue weighted by Gasteiger charge is -2.13. The molecule has 1 unspecified atom stereocenters. The number of carboxylic acid groups (broad SMARTS) is 1. The molecule has 0 radical (unpaired) electrons. The fourth-order valence-corrected chi connectivity index (χ4v) is 2.70. The topological polar surface area (TPSA) is 55.1 Å². The quantitative estimate of drug-likeness (QED) is 0.890. The summed E-state index contributed by atoms with van der Waals surface area (Å²) in [6.07, 6.45) is 0.931. The van der Waals surface area contributed by atoms with Crippen molar-refractivity contribution < 1.29 is 9.90 Å². The Morgan fingerprint density at radius 1 is 1.38 bits per heavy atom. The minimum absolute atomic E-state index is 0.462. The van der Waals surface area contributed by atoms with Crippen LogP contribution in [-0.4, -0.2) is 20.9 Å². The summed E-state index contributed by atoms with van der Waals surface area (Å²) in [4.78, 5) is 11.5. The number of aryl methyl sites for hydroxylation is 2. The fraction of sp³-hybridized carbons (Fsp3) is 0.375. The number of hydrogen-bond acceptors (Lipinski definition) is 2. The van der Waals surface area contributed by atoms with E-state index >= 15 is 0 Å². The molecule has 1 heterocycles. The van der Waals surface area contributed by atoms with Gasteiger partial charge in [-0.15, -0.1) is 0 Å². The first kappa shape index (κ1) is 15.6. The van der Waals surface area contributed by atoms with Gasteiger partial charge in [-0.25, -0.2) is 0 Å². The van der Waals surface area contributed by atoms with Crippen LogP contribution in [-0.2, 0) is 24.2 Å². The predicted molar refractivity (Wildman–Crippen MR) is 82.6 cm³/mol. The minimum Gasteiger partial charge on any atom is -0.481 e. The van der Waals surface area contributed by atoms with Crippen LogP contribution < -0.4 is 0 Å². The molecule has 1 N–H and O–H groups in total. The van der Waals surface area contributed by atoms with E-state index in [0.29, 0.717) is 17.9 Å². The second-order valence-electron chi connectivity index (χ2n) is 5.17. The Morgan fingerprint density at radius 2 is 2.14 bits per heavy atom. The lowest BCUT2D eigenvalue weighted by Crippen LogP contribution is -2.21. The van der Waals surface area contributed by atoms with Crippen LogP contribution in [0.25, 0.3) is 0 Å². The summed E-state index contributed by atoms with van der Waals surface area (Å²) in [6, 6.07) is 9.31. The van der Waals surface area contributed by atoms with E-state index in [-0.39, 0.29) is 0 Å². The van der Waals surface area contributed by atoms with Gasteiger partial charge in [0.25, 0.3) is 0 Å². The van der Waals surface area contributed by atoms with Gasteiger partial charge in [0.1, 0.15) is 0 Å². The van der Waals surface area contributed by atoms with Gasteiger partial charge in [0.15, 0.2) is 0 Å². The maximum Gasteiger partial charge on any atom is 0.307 e. The number of halogens is 1. The predicted octanol–water partition coefficient (Wildman–Crippen LogP) is 3.35. The molecule has 4 nitrogen and oxygen atoms in total. The zero-order valence-corrected chi connectivity index (χ0v) is 13.0. The SMILES string of the molecule is CCn1nc(C)cc1CC(Cc1cccc(Cl)c1)C(=O)O. The molecule has 21 heavy (non-hydrogen) atoms. The van der Waals surface area contributed by atoms with E-state index < -0.39 is 11.9 Å². The van der Waals surface area contributed by atoms with E-state index in [4.69, 9.17) is 11.6 Å². The van der Waals surface area contributed by atoms with Crippen molar-refractivity contribution in [2.75, 3.05) is 0 Å². The molecule has 5 heteroatoms. The van der Waals surface area contributed by atoms with Crippen LogP contribution in [0.3, 0.4) is 0 Å². The normalized spacial score (nSPS) is 12.3. The largest absolute Gasteiger partial charge is 0.481 e. The van der Waals surface area contributed by atoms with Gasteiger partial charge < -0.3 is 5.11 Å². The number of aromatic nitrogens is 2. The Kier molecular flexibility index (Phi) is 5.02. The average Bonchev–Trinajstić information content (AvgIpc) is 2.78. The second kappa shape index (κ2) is 6.76. The molecule has 1 aromatic carbocycles. The van der Waals surface area contributed by atoms with Crippen molar-refractivity contribution in [1.82, 2.24) is 9.78 Å². The van der Waals surface area contributed by atoms with E-state index in [9.17, 15) is 9.90 Å². The first-order valence-electron chi connectivity index (χ1n) is 7.00. The highest BCUT2D eigenvalue weighted by Crippen LogP contribution is 2.19. The van der Waals surface area contributed by atoms with Crippen LogP contribution in [0.4, 0.5) is 0 Å². The summed E-state index contributed by atoms with van der Waals surface area (Å²) in [6.45, 7) is 4.66. The number of hydrogen-bond donors (Lipinski definition) is 1. The Bertz CT molecular complexity index is 637. The maximum atomic E-state index is 11.5. The highest BCUT2D eigenvalue weighted by molar-refractivity contribution is 6.30. The molecule has 0 saturated heterocycles. The van der Waals surface area contributed by atoms with Crippen LogP contribution in [0.1, 0.15) is 23.9 Å². The fourth-order valence-electron chi connectivity index (χ4n) is 2.48. The molecule has 0 saturated carbocycles. The van der Waals surface area contributed by atoms with E-state index in [0.717, 1.165) is 23.5 Å². The zero-order chi connectivity index (χ0) is 15.4. The van der Waals surface area contributed by atoms with E-state index in [1.54, 1.807) is 6.07 Å². The second-order valence-corrected chi connectivity index (χ2v) is 5.60. The molecule has 112 valence electrons. The molecule has 0 aliphatic rings. The Labute approximate surface area is 129 Å². The van der Waals surface area contributed by atoms with Crippen LogP contribution >= 0.6 is 11.6 Å². The summed E-state index contributed by atoms with van der Waals surface area (Å²) < 4.78 is 1.86. The highest BCUT2D eigenvalue weighted by Gasteiger charge is 2.21. The van der Waals surface area contributed by atoms with Crippen LogP contribution in [0.5, 0.6) is 0 Å². The molecule has 0 amide bonds. The van der Waals surface area contributed by atoms with Gasteiger partial charge in [0.05, 0.1) is 11.6 Å². The molecule has 0 bridgehead atoms. The standard InChI is InChI=1S/C16H19ClN2O2/c1-3-19-15(7-11(2)18-19)10-13(16(20)21)8-12-5-4-6-14(17)9-12/h4-7,9,13H,3,8,10H2,1-2H3,(H,20,21). The third-order valence-corrected chi connectivity index (χ3v) is 3.70. The molecule has 0 aliphatic carbocycles. The lowest BCUT2D eigenvalue weighted by molar-refractivity contribution is -0.141. The number of rotatable bonds is 6. The van der Waals surface area contributed by atoms with Crippen LogP contribution in [0.2, 0.25) is 5.02 Å². The third-order valence-electron chi connectivity index (χ3n) is 3.46. The lowest BCUT2D eigenvalue weighted by atomic mass is 9.94. The Balaban J connectivity index is 2.17. The van der Waals surface area contributed by atoms with Crippen molar-refractivity contribution in [1.29, 1.82) is 0 Å². The smallest absolute Gasteiger partial charge is 0.307 e. The van der Waals surface area contributed by atoms with Gasteiger partial charge in [-0.3, -0.25) is 9.48 Å². The van der Waals surface area contributed by atoms with Crippen molar-refractivity contribution >= 4 is 17.6 Å². The van der Waals surface area contributed by atoms with Gasteiger partial charge >= 0.3 is 5.97 Å². The molecule has 0 spiro atoms. The summed E-state index contributed by atoms with van der Waals surface area (Å²) in [7, 11) is 0. The monoisotopic (exact) mass is 306 g/mol. The molecular weight excluding hydrogens is 288 g/mol. The average molecular weight is 307 g/mol. The summed E-state index contributed by atoms with van der Waals surface area (Å²) >= 11 is 5.96. The first-order valence-corrected chi connectivity index (χ1v) is 7.38. The molecular formula is C16H19ClN2O2. The van der Waals surface area contributed by atoms with E-state index in [1.807, 2.05) is 42.8 Å². The van der Waals surface area contributed by atoms with E-state index in [2.05, 4.69) is 5.10 Å². The molecule has 0 aliphatic heterocycles. The molecule has 1 atom stereocenters. The third kappa shape index (κ3) is 4.08. The van der Waals surface area contributed by atoms with Crippen LogP contribution in [0.15, 0.2) is 30.3 Å². The number of carboxylic acids is 1. The van der Waals surface area contributed by atoms with E-state index in [1.165, 1.54) is 0 Å². The van der Waals surface area contributed by atoms with Crippen molar-refractivity contribution in [2.24, 2.45) is 5.92 Å². The number of carbonyl (C=O) groups is 1. The highest BCUT2D eigenvalue weighted by atomic mass is 35.5. The minimum atomic E-state index is -0.795. The molecule has 2 rings (SSSR count). The van der Waals surface area contributed by atoms with Gasteiger partial charge in [-0.1, -0.05) is 23.7 Å². The van der Waals surface area contributed by atoms with Crippen molar-refractivity contribution in [2.45, 2.75) is 33.2 Å². The Morgan fingerprint density at radius 3 is 2.76 bits per heavy atom. The summed E-state index contributed by atoms with van der Waals surface area (Å²) in [5.74, 6) is -1.28. The van der Waals surface area contributed by atoms with Gasteiger partial charge in [0, 0.05) is 23.7 Å². The number of nitrogens with zero attached hydrogens (tertiary/aromatic N) is 2. The van der Waals surface area contributed by atoms with Gasteiger partial charge in [-0.05, 0) is 44.0 Å². The number of benzene rings is 1. The van der Waals surface area contributed by atoms with Crippen molar-refractivity contribution in [3.8, 4) is 0 Å². The maximum absolute atomic E-state index is 11.5. The zero-order valence-electron chi connectivity index (χ0n) is 12.2. The summed E-state index contributed by atoms with van der Waals surface area (Å²) in [5.41, 5.74) is 2.82. The van der Waals surface area contributed by atoms with Crippen molar-refractivity contribution in [3.05, 3.63) is 52.3 Å². The van der Waals surface area contributed by atoms with Crippen molar-refractivity contribution in [3.63, 3.8) is 0 Å². The molecule has 1 aromatic heterocycles. The first-order chi connectivity index (χ1) is 9.99. The van der Waals surface area contributed by atoms with Gasteiger partial charge in [-0.2, -0.15) is 5.10 Å². The molecule has 0 fully saturated rings. The van der Waals surface area contributed by atoms with Gasteiger partial charge in [0.2, 0.25) is 0 Å². The Hall–Kier alpha value is -1.81. The molecule has 2 aromatic rings. The summed E-state index contributed by atoms with van der Waals surface area (Å²) in [5, 5.41) is 14.5.